The van der Waals surface area contributed by atoms with Crippen LogP contribution in [0.2, 0.25) is 5.02 Å². The van der Waals surface area contributed by atoms with Crippen LogP contribution in [0.4, 0.5) is 0 Å². The van der Waals surface area contributed by atoms with E-state index in [2.05, 4.69) is 25.8 Å². The fourth-order valence-corrected chi connectivity index (χ4v) is 7.82. The van der Waals surface area contributed by atoms with Crippen LogP contribution >= 0.6 is 11.6 Å². The maximum atomic E-state index is 13.8. The van der Waals surface area contributed by atoms with Crippen molar-refractivity contribution in [2.75, 3.05) is 19.3 Å². The SMILES string of the molecule is CC(C)N(C)[C@@H]1CC[C@H](N2CC[C@@H](c3ccccc3C(=O)[NH2+][O-])C2=O)[C@H](CS(=O)(=O)c2ccc(Cl)cc2)C1. The molecule has 1 saturated heterocycles. The molecule has 4 rings (SSSR count). The Hall–Kier alpha value is -2.30. The summed E-state index contributed by atoms with van der Waals surface area (Å²) in [5.74, 6) is -1.58. The molecule has 1 saturated carbocycles. The molecule has 1 heterocycles. The number of carbonyl (C=O) groups excluding carboxylic acids is 2. The van der Waals surface area contributed by atoms with Crippen molar-refractivity contribution < 1.29 is 23.5 Å². The monoisotopic (exact) mass is 561 g/mol. The molecule has 2 N–H and O–H groups in total. The average Bonchev–Trinajstić information content (AvgIpc) is 3.28. The van der Waals surface area contributed by atoms with E-state index in [0.717, 1.165) is 6.42 Å². The number of quaternary nitrogens is 1. The molecule has 1 aliphatic carbocycles. The zero-order chi connectivity index (χ0) is 27.6. The molecule has 0 radical (unpaired) electrons. The van der Waals surface area contributed by atoms with E-state index in [-0.39, 0.29) is 45.6 Å². The Bertz CT molecular complexity index is 1270. The molecule has 2 aromatic carbocycles. The molecule has 4 atom stereocenters. The van der Waals surface area contributed by atoms with E-state index in [0.29, 0.717) is 42.4 Å². The van der Waals surface area contributed by atoms with Gasteiger partial charge in [-0.15, -0.1) is 0 Å². The Morgan fingerprint density at radius 3 is 2.47 bits per heavy atom. The highest BCUT2D eigenvalue weighted by Gasteiger charge is 2.45. The third-order valence-corrected chi connectivity index (χ3v) is 10.4. The molecule has 1 aliphatic heterocycles. The van der Waals surface area contributed by atoms with E-state index in [1.165, 1.54) is 12.1 Å². The van der Waals surface area contributed by atoms with Crippen molar-refractivity contribution in [3.05, 3.63) is 69.9 Å². The maximum Gasteiger partial charge on any atom is 0.342 e. The van der Waals surface area contributed by atoms with Crippen LogP contribution in [0.5, 0.6) is 0 Å². The van der Waals surface area contributed by atoms with Crippen molar-refractivity contribution in [1.82, 2.24) is 9.80 Å². The van der Waals surface area contributed by atoms with E-state index < -0.39 is 21.7 Å². The van der Waals surface area contributed by atoms with Crippen molar-refractivity contribution >= 4 is 33.3 Å². The number of hydrogen-bond donors (Lipinski definition) is 1. The van der Waals surface area contributed by atoms with Gasteiger partial charge in [-0.3, -0.25) is 4.79 Å². The van der Waals surface area contributed by atoms with Gasteiger partial charge in [-0.1, -0.05) is 29.8 Å². The summed E-state index contributed by atoms with van der Waals surface area (Å²) in [5, 5.41) is 11.7. The number of benzene rings is 2. The van der Waals surface area contributed by atoms with Crippen LogP contribution in [0.25, 0.3) is 0 Å². The fourth-order valence-electron chi connectivity index (χ4n) is 6.03. The second-order valence-electron chi connectivity index (χ2n) is 10.7. The zero-order valence-electron chi connectivity index (χ0n) is 22.0. The Kier molecular flexibility index (Phi) is 8.94. The summed E-state index contributed by atoms with van der Waals surface area (Å²) in [6.07, 6.45) is 2.76. The van der Waals surface area contributed by atoms with Crippen LogP contribution in [-0.2, 0) is 14.6 Å². The normalized spacial score (nSPS) is 24.4. The van der Waals surface area contributed by atoms with Crippen LogP contribution < -0.4 is 5.48 Å². The first-order valence-corrected chi connectivity index (χ1v) is 15.2. The number of hydrogen-bond acceptors (Lipinski definition) is 6. The van der Waals surface area contributed by atoms with Gasteiger partial charge in [0.1, 0.15) is 0 Å². The highest BCUT2D eigenvalue weighted by atomic mass is 35.5. The number of carbonyl (C=O) groups is 2. The summed E-state index contributed by atoms with van der Waals surface area (Å²) in [6.45, 7) is 4.73. The average molecular weight is 562 g/mol. The number of halogens is 1. The van der Waals surface area contributed by atoms with Gasteiger partial charge in [0.15, 0.2) is 9.84 Å². The molecule has 0 unspecified atom stereocenters. The van der Waals surface area contributed by atoms with Gasteiger partial charge in [0, 0.05) is 29.7 Å². The van der Waals surface area contributed by atoms with Gasteiger partial charge in [0.25, 0.3) is 0 Å². The first kappa shape index (κ1) is 28.7. The number of sulfone groups is 1. The lowest BCUT2D eigenvalue weighted by Gasteiger charge is -2.44. The highest BCUT2D eigenvalue weighted by molar-refractivity contribution is 7.91. The summed E-state index contributed by atoms with van der Waals surface area (Å²) in [5.41, 5.74) is 1.10. The number of rotatable bonds is 8. The molecule has 38 heavy (non-hydrogen) atoms. The van der Waals surface area contributed by atoms with Gasteiger partial charge in [-0.2, -0.15) is 0 Å². The van der Waals surface area contributed by atoms with Crippen LogP contribution in [0.15, 0.2) is 53.4 Å². The van der Waals surface area contributed by atoms with E-state index in [1.54, 1.807) is 36.4 Å². The third-order valence-electron chi connectivity index (χ3n) is 8.26. The van der Waals surface area contributed by atoms with E-state index >= 15 is 0 Å². The Balaban J connectivity index is 1.61. The molecular weight excluding hydrogens is 526 g/mol. The van der Waals surface area contributed by atoms with Crippen molar-refractivity contribution in [1.29, 1.82) is 0 Å². The molecule has 0 spiro atoms. The number of nitrogens with zero attached hydrogens (tertiary/aromatic N) is 2. The molecule has 2 aliphatic rings. The Labute approximate surface area is 229 Å². The Morgan fingerprint density at radius 1 is 1.13 bits per heavy atom. The summed E-state index contributed by atoms with van der Waals surface area (Å²) < 4.78 is 26.9. The first-order valence-electron chi connectivity index (χ1n) is 13.1. The quantitative estimate of drug-likeness (QED) is 0.495. The third kappa shape index (κ3) is 5.97. The van der Waals surface area contributed by atoms with Crippen LogP contribution in [0.3, 0.4) is 0 Å². The lowest BCUT2D eigenvalue weighted by molar-refractivity contribution is -0.482. The Morgan fingerprint density at radius 2 is 1.82 bits per heavy atom. The summed E-state index contributed by atoms with van der Waals surface area (Å²) in [6, 6.07) is 13.3. The molecule has 2 amide bonds. The van der Waals surface area contributed by atoms with Gasteiger partial charge in [0.2, 0.25) is 5.91 Å². The minimum atomic E-state index is -3.61. The summed E-state index contributed by atoms with van der Waals surface area (Å²) in [4.78, 5) is 30.3. The number of hydroxylamine groups is 1. The van der Waals surface area contributed by atoms with Crippen LogP contribution in [0.1, 0.15) is 61.4 Å². The molecular formula is C28H36ClN3O5S. The van der Waals surface area contributed by atoms with E-state index in [1.807, 2.05) is 4.90 Å². The molecule has 0 bridgehead atoms. The number of nitrogens with two attached hydrogens (primary N) is 1. The van der Waals surface area contributed by atoms with Gasteiger partial charge in [-0.25, -0.2) is 13.2 Å². The maximum absolute atomic E-state index is 13.8. The molecule has 8 nitrogen and oxygen atoms in total. The van der Waals surface area contributed by atoms with E-state index in [9.17, 15) is 23.2 Å². The van der Waals surface area contributed by atoms with Crippen molar-refractivity contribution in [3.63, 3.8) is 0 Å². The minimum absolute atomic E-state index is 0.0591. The first-order chi connectivity index (χ1) is 18.0. The highest BCUT2D eigenvalue weighted by Crippen LogP contribution is 2.39. The zero-order valence-corrected chi connectivity index (χ0v) is 23.6. The number of amides is 2. The largest absolute Gasteiger partial charge is 0.628 e. The predicted octanol–water partition coefficient (Wildman–Crippen LogP) is 3.21. The lowest BCUT2D eigenvalue weighted by atomic mass is 9.80. The van der Waals surface area contributed by atoms with Crippen LogP contribution in [0, 0.1) is 11.1 Å². The lowest BCUT2D eigenvalue weighted by Crippen LogP contribution is -2.81. The van der Waals surface area contributed by atoms with E-state index in [4.69, 9.17) is 11.6 Å². The predicted molar refractivity (Wildman–Crippen MR) is 146 cm³/mol. The standard InChI is InChI=1S/C28H36ClN3O5S/c1-18(2)31(3)21-10-13-26(19(16-21)17-38(36,37)22-11-8-20(29)9-12-22)32-15-14-25(28(32)34)23-6-4-5-7-24(23)27(33)30-35/h4-9,11-12,18-19,21,25-26H,10,13-17,30H2,1-3H3/t19-,21+,25-,26-/m0/s1. The minimum Gasteiger partial charge on any atom is -0.628 e. The van der Waals surface area contributed by atoms with Gasteiger partial charge in [0.05, 0.1) is 22.1 Å². The molecule has 206 valence electrons. The number of primary amides is 1. The molecule has 2 aromatic rings. The fraction of sp³-hybridized carbons (Fsp3) is 0.500. The summed E-state index contributed by atoms with van der Waals surface area (Å²) in [7, 11) is -1.54. The van der Waals surface area contributed by atoms with Crippen molar-refractivity contribution in [3.8, 4) is 0 Å². The number of likely N-dealkylation sites (tertiary alicyclic amines) is 1. The second-order valence-corrected chi connectivity index (χ2v) is 13.2. The van der Waals surface area contributed by atoms with Gasteiger partial charge in [-0.05, 0) is 88.4 Å². The van der Waals surface area contributed by atoms with Crippen LogP contribution in [-0.4, -0.2) is 67.5 Å². The second kappa shape index (κ2) is 11.8. The smallest absolute Gasteiger partial charge is 0.342 e. The van der Waals surface area contributed by atoms with Crippen molar-refractivity contribution in [2.24, 2.45) is 5.92 Å². The molecule has 0 aromatic heterocycles. The topological polar surface area (TPSA) is 114 Å². The van der Waals surface area contributed by atoms with Crippen molar-refractivity contribution in [2.45, 2.75) is 68.5 Å². The molecule has 10 heteroatoms. The molecule has 2 fully saturated rings. The summed E-state index contributed by atoms with van der Waals surface area (Å²) >= 11 is 5.98. The van der Waals surface area contributed by atoms with Gasteiger partial charge >= 0.3 is 5.91 Å². The van der Waals surface area contributed by atoms with Gasteiger partial charge < -0.3 is 20.5 Å².